The summed E-state index contributed by atoms with van der Waals surface area (Å²) in [4.78, 5) is 30.9. The molecule has 2 atom stereocenters. The number of likely N-dealkylation sites (N-methyl/N-ethyl adjacent to an activating group) is 1. The van der Waals surface area contributed by atoms with Crippen LogP contribution in [0.5, 0.6) is 0 Å². The lowest BCUT2D eigenvalue weighted by molar-refractivity contribution is -0.134. The second-order valence-corrected chi connectivity index (χ2v) is 10.3. The molecule has 0 radical (unpaired) electrons. The van der Waals surface area contributed by atoms with E-state index in [9.17, 15) is 9.59 Å². The molecule has 6 heteroatoms. The summed E-state index contributed by atoms with van der Waals surface area (Å²) in [6.45, 7) is 6.29. The molecule has 1 fully saturated rings. The molecule has 1 saturated carbocycles. The van der Waals surface area contributed by atoms with E-state index in [4.69, 9.17) is 0 Å². The standard InChI is InChI=1S/C26H32BrN3O2/c1-4-29(5-2)25(31)17-13-19-18-11-8-12-21-23(18)20(14-22(19)28(3)15-17)24(27)30(21)26(32)16-9-6-7-10-16/h8,11-13,16-17,22H,4-7,9-10,14-15H2,1-3H3/t17-,22-/m1/s1. The lowest BCUT2D eigenvalue weighted by atomic mass is 9.79. The van der Waals surface area contributed by atoms with Crippen molar-refractivity contribution < 1.29 is 9.59 Å². The minimum atomic E-state index is -0.131. The Kier molecular flexibility index (Phi) is 5.79. The number of amides is 1. The molecule has 2 aliphatic carbocycles. The highest BCUT2D eigenvalue weighted by atomic mass is 79.9. The van der Waals surface area contributed by atoms with Gasteiger partial charge in [0.2, 0.25) is 11.8 Å². The van der Waals surface area contributed by atoms with Crippen LogP contribution < -0.4 is 0 Å². The fraction of sp³-hybridized carbons (Fsp3) is 0.538. The summed E-state index contributed by atoms with van der Waals surface area (Å²) in [5.41, 5.74) is 4.64. The molecule has 1 aromatic heterocycles. The highest BCUT2D eigenvalue weighted by Crippen LogP contribution is 2.45. The molecule has 2 heterocycles. The fourth-order valence-electron chi connectivity index (χ4n) is 6.09. The Bertz CT molecular complexity index is 1110. The molecule has 32 heavy (non-hydrogen) atoms. The van der Waals surface area contributed by atoms with Crippen molar-refractivity contribution in [2.24, 2.45) is 11.8 Å². The Morgan fingerprint density at radius 3 is 2.56 bits per heavy atom. The average Bonchev–Trinajstić information content (AvgIpc) is 3.43. The minimum absolute atomic E-state index is 0.124. The van der Waals surface area contributed by atoms with E-state index in [0.29, 0.717) is 0 Å². The number of nitrogens with zero attached hydrogens (tertiary/aromatic N) is 3. The summed E-state index contributed by atoms with van der Waals surface area (Å²) in [7, 11) is 2.12. The zero-order valence-electron chi connectivity index (χ0n) is 19.2. The lowest BCUT2D eigenvalue weighted by Gasteiger charge is -2.40. The number of halogens is 1. The zero-order valence-corrected chi connectivity index (χ0v) is 20.8. The van der Waals surface area contributed by atoms with Gasteiger partial charge in [0.1, 0.15) is 0 Å². The maximum absolute atomic E-state index is 13.5. The number of rotatable bonds is 4. The molecule has 1 aromatic carbocycles. The summed E-state index contributed by atoms with van der Waals surface area (Å²) < 4.78 is 2.85. The number of hydrogen-bond acceptors (Lipinski definition) is 3. The quantitative estimate of drug-likeness (QED) is 0.598. The summed E-state index contributed by atoms with van der Waals surface area (Å²) in [5.74, 6) is 0.429. The van der Waals surface area contributed by atoms with Crippen molar-refractivity contribution in [2.45, 2.75) is 52.0 Å². The summed E-state index contributed by atoms with van der Waals surface area (Å²) in [6, 6.07) is 6.53. The molecule has 0 N–H and O–H groups in total. The van der Waals surface area contributed by atoms with E-state index >= 15 is 0 Å². The van der Waals surface area contributed by atoms with Gasteiger partial charge in [-0.25, -0.2) is 0 Å². The van der Waals surface area contributed by atoms with Gasteiger partial charge in [0, 0.05) is 37.0 Å². The number of carbonyl (C=O) groups is 2. The molecule has 1 amide bonds. The van der Waals surface area contributed by atoms with Crippen LogP contribution in [0.3, 0.4) is 0 Å². The van der Waals surface area contributed by atoms with Crippen LogP contribution in [0.15, 0.2) is 28.9 Å². The molecule has 5 rings (SSSR count). The molecule has 1 aliphatic heterocycles. The summed E-state index contributed by atoms with van der Waals surface area (Å²) >= 11 is 3.82. The van der Waals surface area contributed by atoms with Gasteiger partial charge in [-0.05, 0) is 78.9 Å². The van der Waals surface area contributed by atoms with Gasteiger partial charge in [-0.1, -0.05) is 31.1 Å². The third kappa shape index (κ3) is 3.29. The van der Waals surface area contributed by atoms with Crippen molar-refractivity contribution in [3.8, 4) is 0 Å². The average molecular weight is 498 g/mol. The van der Waals surface area contributed by atoms with E-state index in [1.54, 1.807) is 0 Å². The van der Waals surface area contributed by atoms with Gasteiger partial charge in [0.25, 0.3) is 0 Å². The van der Waals surface area contributed by atoms with E-state index < -0.39 is 0 Å². The van der Waals surface area contributed by atoms with Gasteiger partial charge in [-0.3, -0.25) is 19.1 Å². The van der Waals surface area contributed by atoms with Crippen LogP contribution in [0.1, 0.15) is 55.5 Å². The van der Waals surface area contributed by atoms with E-state index in [2.05, 4.69) is 52.2 Å². The number of carbonyl (C=O) groups excluding carboxylic acids is 2. The Labute approximate surface area is 198 Å². The minimum Gasteiger partial charge on any atom is -0.343 e. The monoisotopic (exact) mass is 497 g/mol. The van der Waals surface area contributed by atoms with Crippen LogP contribution in [0.4, 0.5) is 0 Å². The van der Waals surface area contributed by atoms with Crippen LogP contribution in [0.2, 0.25) is 0 Å². The highest BCUT2D eigenvalue weighted by Gasteiger charge is 2.39. The first-order valence-electron chi connectivity index (χ1n) is 12.0. The van der Waals surface area contributed by atoms with E-state index in [-0.39, 0.29) is 29.7 Å². The third-order valence-corrected chi connectivity index (χ3v) is 8.65. The summed E-state index contributed by atoms with van der Waals surface area (Å²) in [6.07, 6.45) is 7.35. The second kappa shape index (κ2) is 8.45. The number of hydrogen-bond donors (Lipinski definition) is 0. The third-order valence-electron chi connectivity index (χ3n) is 7.81. The van der Waals surface area contributed by atoms with Gasteiger partial charge >= 0.3 is 0 Å². The first-order valence-corrected chi connectivity index (χ1v) is 12.8. The molecular formula is C26H32BrN3O2. The number of fused-ring (bicyclic) bond motifs is 2. The molecule has 0 bridgehead atoms. The first kappa shape index (κ1) is 21.9. The summed E-state index contributed by atoms with van der Waals surface area (Å²) in [5, 5.41) is 1.18. The SMILES string of the molecule is CCN(CC)C(=O)[C@@H]1C=C2c3cccc4c3c(c(Br)n4C(=O)C3CCCC3)C[C@H]2N(C)C1. The molecule has 2 aromatic rings. The van der Waals surface area contributed by atoms with Crippen molar-refractivity contribution in [2.75, 3.05) is 26.7 Å². The van der Waals surface area contributed by atoms with Crippen molar-refractivity contribution in [1.29, 1.82) is 0 Å². The number of benzene rings is 1. The maximum atomic E-state index is 13.5. The smallest absolute Gasteiger partial charge is 0.235 e. The predicted octanol–water partition coefficient (Wildman–Crippen LogP) is 4.97. The molecule has 0 unspecified atom stereocenters. The van der Waals surface area contributed by atoms with Crippen molar-refractivity contribution >= 4 is 44.2 Å². The fourth-order valence-corrected chi connectivity index (χ4v) is 6.81. The normalized spacial score (nSPS) is 23.3. The zero-order chi connectivity index (χ0) is 22.6. The molecule has 0 saturated heterocycles. The van der Waals surface area contributed by atoms with E-state index in [0.717, 1.165) is 61.9 Å². The molecule has 3 aliphatic rings. The number of aromatic nitrogens is 1. The topological polar surface area (TPSA) is 45.6 Å². The van der Waals surface area contributed by atoms with Crippen LogP contribution in [0.25, 0.3) is 16.5 Å². The van der Waals surface area contributed by atoms with Gasteiger partial charge in [0.05, 0.1) is 16.0 Å². The van der Waals surface area contributed by atoms with Crippen molar-refractivity contribution in [1.82, 2.24) is 14.4 Å². The Morgan fingerprint density at radius 2 is 1.88 bits per heavy atom. The van der Waals surface area contributed by atoms with Crippen LogP contribution >= 0.6 is 15.9 Å². The molecule has 0 spiro atoms. The van der Waals surface area contributed by atoms with Crippen molar-refractivity contribution in [3.63, 3.8) is 0 Å². The largest absolute Gasteiger partial charge is 0.343 e. The molecule has 170 valence electrons. The van der Waals surface area contributed by atoms with Crippen LogP contribution in [0, 0.1) is 11.8 Å². The maximum Gasteiger partial charge on any atom is 0.235 e. The van der Waals surface area contributed by atoms with E-state index in [1.807, 2.05) is 23.3 Å². The predicted molar refractivity (Wildman–Crippen MR) is 132 cm³/mol. The lowest BCUT2D eigenvalue weighted by Crippen LogP contribution is -2.47. The Morgan fingerprint density at radius 1 is 1.16 bits per heavy atom. The van der Waals surface area contributed by atoms with Crippen LogP contribution in [-0.2, 0) is 11.2 Å². The van der Waals surface area contributed by atoms with Crippen LogP contribution in [-0.4, -0.2) is 58.9 Å². The first-order chi connectivity index (χ1) is 15.5. The van der Waals surface area contributed by atoms with Gasteiger partial charge in [-0.2, -0.15) is 0 Å². The van der Waals surface area contributed by atoms with Crippen molar-refractivity contribution in [3.05, 3.63) is 40.0 Å². The van der Waals surface area contributed by atoms with Gasteiger partial charge in [0.15, 0.2) is 0 Å². The van der Waals surface area contributed by atoms with Gasteiger partial charge in [-0.15, -0.1) is 0 Å². The molecular weight excluding hydrogens is 466 g/mol. The Balaban J connectivity index is 1.63. The van der Waals surface area contributed by atoms with E-state index in [1.165, 1.54) is 22.1 Å². The second-order valence-electron chi connectivity index (χ2n) is 9.52. The molecule has 5 nitrogen and oxygen atoms in total. The van der Waals surface area contributed by atoms with Gasteiger partial charge < -0.3 is 4.90 Å². The Hall–Kier alpha value is -1.92. The highest BCUT2D eigenvalue weighted by molar-refractivity contribution is 9.10.